The van der Waals surface area contributed by atoms with Gasteiger partial charge in [0.25, 0.3) is 0 Å². The molecule has 26 heavy (non-hydrogen) atoms. The highest BCUT2D eigenvalue weighted by molar-refractivity contribution is 7.36. The van der Waals surface area contributed by atoms with Gasteiger partial charge in [-0.3, -0.25) is 0 Å². The maximum absolute atomic E-state index is 9.41. The summed E-state index contributed by atoms with van der Waals surface area (Å²) in [6.45, 7) is 14.9. The normalized spacial score (nSPS) is 10.2. The van der Waals surface area contributed by atoms with E-state index in [4.69, 9.17) is 0 Å². The van der Waals surface area contributed by atoms with Crippen LogP contribution in [0.2, 0.25) is 0 Å². The minimum atomic E-state index is -2.60. The molecule has 0 radical (unpaired) electrons. The number of aryl methyl sites for hydroxylation is 4. The van der Waals surface area contributed by atoms with Crippen molar-refractivity contribution in [3.63, 3.8) is 0 Å². The summed E-state index contributed by atoms with van der Waals surface area (Å²) in [4.78, 5) is 18.8. The Balaban J connectivity index is 0.000000375. The van der Waals surface area contributed by atoms with E-state index in [1.165, 1.54) is 12.8 Å². The zero-order valence-corrected chi connectivity index (χ0v) is 17.8. The van der Waals surface area contributed by atoms with Crippen molar-refractivity contribution in [3.05, 3.63) is 37.4 Å². The van der Waals surface area contributed by atoms with E-state index in [0.29, 0.717) is 0 Å². The zero-order chi connectivity index (χ0) is 19.8. The first-order chi connectivity index (χ1) is 12.5. The first kappa shape index (κ1) is 24.7. The quantitative estimate of drug-likeness (QED) is 0.508. The molecule has 7 nitrogen and oxygen atoms in total. The van der Waals surface area contributed by atoms with Crippen molar-refractivity contribution in [2.45, 2.75) is 73.6 Å². The number of aromatic nitrogens is 4. The van der Waals surface area contributed by atoms with E-state index in [9.17, 15) is 9.79 Å². The van der Waals surface area contributed by atoms with Gasteiger partial charge >= 0.3 is 0 Å². The van der Waals surface area contributed by atoms with Crippen LogP contribution in [0.15, 0.2) is 37.4 Å². The second-order valence-electron chi connectivity index (χ2n) is 5.61. The number of imidazole rings is 2. The third-order valence-corrected chi connectivity index (χ3v) is 3.89. The van der Waals surface area contributed by atoms with Gasteiger partial charge in [0.05, 0.1) is 26.2 Å². The summed E-state index contributed by atoms with van der Waals surface area (Å²) in [5, 5.41) is 0. The van der Waals surface area contributed by atoms with Crippen LogP contribution in [0.4, 0.5) is 0 Å². The Morgan fingerprint density at radius 1 is 0.808 bits per heavy atom. The van der Waals surface area contributed by atoms with Gasteiger partial charge in [-0.2, -0.15) is 8.60 Å². The minimum Gasteiger partial charge on any atom is -0.820 e. The summed E-state index contributed by atoms with van der Waals surface area (Å²) in [6, 6.07) is 0. The van der Waals surface area contributed by atoms with E-state index in [2.05, 4.69) is 87.9 Å². The van der Waals surface area contributed by atoms with Gasteiger partial charge in [0.2, 0.25) is 12.7 Å². The molecule has 2 aromatic rings. The summed E-state index contributed by atoms with van der Waals surface area (Å²) in [6.07, 6.45) is 15.1. The zero-order valence-electron chi connectivity index (χ0n) is 16.9. The van der Waals surface area contributed by atoms with Gasteiger partial charge in [0.1, 0.15) is 24.8 Å². The Morgan fingerprint density at radius 3 is 1.42 bits per heavy atom. The lowest BCUT2D eigenvalue weighted by Crippen LogP contribution is -2.30. The van der Waals surface area contributed by atoms with Gasteiger partial charge in [0.15, 0.2) is 0 Å². The predicted octanol–water partition coefficient (Wildman–Crippen LogP) is 1.38. The van der Waals surface area contributed by atoms with E-state index >= 15 is 0 Å². The standard InChI is InChI=1S/2C8H15N2.C2H5O3P/c2*1-3-5-10-7-6-9(4-2)8-10;1-2-5-6(3)4/h2*6-8H,3-5H2,1-2H3;2H2,1H3/q2*+1;-2. The molecule has 0 fully saturated rings. The number of nitrogens with zero attached hydrogens (tertiary/aromatic N) is 4. The highest BCUT2D eigenvalue weighted by Gasteiger charge is 1.98. The van der Waals surface area contributed by atoms with Gasteiger partial charge < -0.3 is 14.3 Å². The number of hydrogen-bond acceptors (Lipinski definition) is 3. The molecular formula is C18H35N4O3P. The molecule has 8 heteroatoms. The van der Waals surface area contributed by atoms with Crippen LogP contribution < -0.4 is 18.9 Å². The monoisotopic (exact) mass is 386 g/mol. The maximum Gasteiger partial charge on any atom is 0.243 e. The summed E-state index contributed by atoms with van der Waals surface area (Å²) >= 11 is 0. The topological polar surface area (TPSA) is 73.0 Å². The average molecular weight is 386 g/mol. The molecule has 0 unspecified atom stereocenters. The van der Waals surface area contributed by atoms with Crippen LogP contribution >= 0.6 is 8.60 Å². The van der Waals surface area contributed by atoms with Crippen LogP contribution in [0.1, 0.15) is 47.5 Å². The number of hydrogen-bond donors (Lipinski definition) is 0. The highest BCUT2D eigenvalue weighted by atomic mass is 31.2. The smallest absolute Gasteiger partial charge is 0.243 e. The molecule has 0 bridgehead atoms. The fourth-order valence-electron chi connectivity index (χ4n) is 2.14. The second kappa shape index (κ2) is 15.9. The molecule has 0 spiro atoms. The van der Waals surface area contributed by atoms with Crippen LogP contribution in [0.3, 0.4) is 0 Å². The molecule has 0 N–H and O–H groups in total. The van der Waals surface area contributed by atoms with E-state index in [-0.39, 0.29) is 6.61 Å². The van der Waals surface area contributed by atoms with Gasteiger partial charge in [-0.1, -0.05) is 13.8 Å². The Morgan fingerprint density at radius 2 is 1.23 bits per heavy atom. The van der Waals surface area contributed by atoms with Gasteiger partial charge in [0, 0.05) is 6.61 Å². The third kappa shape index (κ3) is 12.1. The molecule has 0 aliphatic heterocycles. The summed E-state index contributed by atoms with van der Waals surface area (Å²) < 4.78 is 12.8. The van der Waals surface area contributed by atoms with Crippen molar-refractivity contribution in [1.29, 1.82) is 0 Å². The Bertz CT molecular complexity index is 514. The molecule has 0 aliphatic carbocycles. The first-order valence-electron chi connectivity index (χ1n) is 9.37. The largest absolute Gasteiger partial charge is 0.820 e. The molecule has 2 aromatic heterocycles. The van der Waals surface area contributed by atoms with Crippen molar-refractivity contribution in [2.75, 3.05) is 6.61 Å². The molecule has 2 heterocycles. The van der Waals surface area contributed by atoms with Crippen molar-refractivity contribution >= 4 is 8.60 Å². The fraction of sp³-hybridized carbons (Fsp3) is 0.667. The van der Waals surface area contributed by atoms with Crippen LogP contribution in [-0.4, -0.2) is 15.7 Å². The molecule has 0 aromatic carbocycles. The summed E-state index contributed by atoms with van der Waals surface area (Å²) in [5.74, 6) is 0. The van der Waals surface area contributed by atoms with Crippen LogP contribution in [0, 0.1) is 0 Å². The Kier molecular flexibility index (Phi) is 15.2. The lowest BCUT2D eigenvalue weighted by atomic mass is 10.5. The van der Waals surface area contributed by atoms with E-state index in [1.54, 1.807) is 6.92 Å². The average Bonchev–Trinajstić information content (AvgIpc) is 3.26. The van der Waals surface area contributed by atoms with Crippen LogP contribution in [0.5, 0.6) is 0 Å². The van der Waals surface area contributed by atoms with Crippen molar-refractivity contribution in [2.24, 2.45) is 0 Å². The van der Waals surface area contributed by atoms with E-state index in [1.807, 2.05) is 0 Å². The summed E-state index contributed by atoms with van der Waals surface area (Å²) in [5.41, 5.74) is 0. The molecule has 0 saturated carbocycles. The van der Waals surface area contributed by atoms with Crippen LogP contribution in [0.25, 0.3) is 0 Å². The molecule has 2 rings (SSSR count). The van der Waals surface area contributed by atoms with Gasteiger partial charge in [-0.25, -0.2) is 18.3 Å². The first-order valence-corrected chi connectivity index (χ1v) is 10.5. The van der Waals surface area contributed by atoms with E-state index in [0.717, 1.165) is 26.2 Å². The Hall–Kier alpha value is -1.27. The highest BCUT2D eigenvalue weighted by Crippen LogP contribution is 2.10. The third-order valence-electron chi connectivity index (χ3n) is 3.42. The van der Waals surface area contributed by atoms with Crippen molar-refractivity contribution in [1.82, 2.24) is 9.13 Å². The lowest BCUT2D eigenvalue weighted by molar-refractivity contribution is -0.696. The minimum absolute atomic E-state index is 0.235. The van der Waals surface area contributed by atoms with Crippen molar-refractivity contribution in [3.8, 4) is 0 Å². The van der Waals surface area contributed by atoms with Crippen LogP contribution in [-0.2, 0) is 30.7 Å². The second-order valence-corrected chi connectivity index (χ2v) is 6.31. The van der Waals surface area contributed by atoms with E-state index < -0.39 is 8.60 Å². The predicted molar refractivity (Wildman–Crippen MR) is 99.7 cm³/mol. The molecule has 0 atom stereocenters. The Labute approximate surface area is 159 Å². The van der Waals surface area contributed by atoms with Gasteiger partial charge in [-0.05, 0) is 33.6 Å². The van der Waals surface area contributed by atoms with Gasteiger partial charge in [-0.15, -0.1) is 0 Å². The molecule has 0 amide bonds. The molecule has 0 saturated heterocycles. The van der Waals surface area contributed by atoms with Crippen molar-refractivity contribution < 1.29 is 23.4 Å². The lowest BCUT2D eigenvalue weighted by Gasteiger charge is -2.27. The summed E-state index contributed by atoms with van der Waals surface area (Å²) in [7, 11) is -2.60. The molecular weight excluding hydrogens is 351 g/mol. The SMILES string of the molecule is CCC[n+]1ccn(CC)c1.CCC[n+]1ccn(CC)c1.CCOP([O-])[O-]. The molecule has 0 aliphatic rings. The molecule has 150 valence electrons. The fourth-order valence-corrected chi connectivity index (χ4v) is 2.35. The maximum atomic E-state index is 9.41. The number of rotatable bonds is 8.